The molecule has 1 fully saturated rings. The van der Waals surface area contributed by atoms with Gasteiger partial charge in [-0.05, 0) is 42.9 Å². The number of hydrogen-bond acceptors (Lipinski definition) is 3. The zero-order valence-electron chi connectivity index (χ0n) is 13.7. The second-order valence-electron chi connectivity index (χ2n) is 7.31. The van der Waals surface area contributed by atoms with E-state index in [0.717, 1.165) is 42.7 Å². The van der Waals surface area contributed by atoms with Crippen LogP contribution >= 0.6 is 11.6 Å². The van der Waals surface area contributed by atoms with Crippen LogP contribution in [0.5, 0.6) is 0 Å². The Hall–Kier alpha value is -0.800. The third kappa shape index (κ3) is 4.86. The predicted octanol–water partition coefficient (Wildman–Crippen LogP) is 4.11. The van der Waals surface area contributed by atoms with Crippen LogP contribution in [0.25, 0.3) is 0 Å². The largest absolute Gasteiger partial charge is 0.356 e. The summed E-state index contributed by atoms with van der Waals surface area (Å²) >= 11 is 6.29. The zero-order valence-corrected chi connectivity index (χ0v) is 14.5. The molecule has 21 heavy (non-hydrogen) atoms. The number of hydrogen-bond donors (Lipinski definition) is 1. The van der Waals surface area contributed by atoms with E-state index in [9.17, 15) is 0 Å². The fourth-order valence-electron chi connectivity index (χ4n) is 2.87. The first-order chi connectivity index (χ1) is 9.87. The number of rotatable bonds is 5. The summed E-state index contributed by atoms with van der Waals surface area (Å²) in [5.74, 6) is 1.70. The first-order valence-corrected chi connectivity index (χ1v) is 8.36. The number of anilines is 1. The number of nitrogens with one attached hydrogen (secondary N) is 1. The van der Waals surface area contributed by atoms with E-state index in [1.165, 1.54) is 12.8 Å². The van der Waals surface area contributed by atoms with Gasteiger partial charge >= 0.3 is 0 Å². The van der Waals surface area contributed by atoms with Crippen molar-refractivity contribution in [2.45, 2.75) is 47.1 Å². The van der Waals surface area contributed by atoms with Crippen molar-refractivity contribution in [3.05, 3.63) is 22.8 Å². The molecule has 0 spiro atoms. The second kappa shape index (κ2) is 6.97. The molecule has 1 saturated heterocycles. The van der Waals surface area contributed by atoms with Crippen molar-refractivity contribution >= 4 is 17.4 Å². The molecule has 4 heteroatoms. The van der Waals surface area contributed by atoms with Gasteiger partial charge in [-0.15, -0.1) is 0 Å². The van der Waals surface area contributed by atoms with Gasteiger partial charge in [0.05, 0.1) is 10.7 Å². The summed E-state index contributed by atoms with van der Waals surface area (Å²) in [5, 5.41) is 4.18. The molecule has 1 aliphatic heterocycles. The van der Waals surface area contributed by atoms with Gasteiger partial charge < -0.3 is 10.2 Å². The SMILES string of the molecule is CC(C)CNCc1nc(N2CCCC(C)(C)C2)ccc1Cl. The summed E-state index contributed by atoms with van der Waals surface area (Å²) in [7, 11) is 0. The van der Waals surface area contributed by atoms with E-state index in [4.69, 9.17) is 16.6 Å². The van der Waals surface area contributed by atoms with Gasteiger partial charge in [-0.3, -0.25) is 0 Å². The molecule has 2 heterocycles. The Kier molecular flexibility index (Phi) is 5.50. The van der Waals surface area contributed by atoms with Crippen molar-refractivity contribution < 1.29 is 0 Å². The van der Waals surface area contributed by atoms with E-state index in [1.54, 1.807) is 0 Å². The number of piperidine rings is 1. The van der Waals surface area contributed by atoms with E-state index in [2.05, 4.69) is 44.0 Å². The summed E-state index contributed by atoms with van der Waals surface area (Å²) in [6, 6.07) is 4.04. The number of aromatic nitrogens is 1. The van der Waals surface area contributed by atoms with Crippen molar-refractivity contribution in [3.63, 3.8) is 0 Å². The van der Waals surface area contributed by atoms with E-state index >= 15 is 0 Å². The third-order valence-electron chi connectivity index (χ3n) is 3.97. The molecule has 0 saturated carbocycles. The van der Waals surface area contributed by atoms with Gasteiger partial charge in [0, 0.05) is 19.6 Å². The molecule has 0 atom stereocenters. The molecule has 1 aromatic rings. The highest BCUT2D eigenvalue weighted by molar-refractivity contribution is 6.31. The van der Waals surface area contributed by atoms with Crippen LogP contribution in [0.1, 0.15) is 46.2 Å². The van der Waals surface area contributed by atoms with Crippen LogP contribution in [0.15, 0.2) is 12.1 Å². The molecule has 0 radical (unpaired) electrons. The second-order valence-corrected chi connectivity index (χ2v) is 7.72. The van der Waals surface area contributed by atoms with Crippen LogP contribution in [0.3, 0.4) is 0 Å². The summed E-state index contributed by atoms with van der Waals surface area (Å²) in [6.07, 6.45) is 2.53. The molecule has 1 N–H and O–H groups in total. The minimum atomic E-state index is 0.371. The minimum absolute atomic E-state index is 0.371. The van der Waals surface area contributed by atoms with Gasteiger partial charge in [-0.25, -0.2) is 4.98 Å². The number of pyridine rings is 1. The maximum Gasteiger partial charge on any atom is 0.128 e. The average molecular weight is 310 g/mol. The van der Waals surface area contributed by atoms with E-state index in [1.807, 2.05) is 6.07 Å². The lowest BCUT2D eigenvalue weighted by molar-refractivity contribution is 0.292. The Balaban J connectivity index is 2.07. The highest BCUT2D eigenvalue weighted by atomic mass is 35.5. The molecule has 0 amide bonds. The van der Waals surface area contributed by atoms with Gasteiger partial charge in [0.25, 0.3) is 0 Å². The lowest BCUT2D eigenvalue weighted by atomic mass is 9.84. The van der Waals surface area contributed by atoms with Gasteiger partial charge in [-0.1, -0.05) is 39.3 Å². The lowest BCUT2D eigenvalue weighted by Gasteiger charge is -2.38. The predicted molar refractivity (Wildman–Crippen MR) is 91.0 cm³/mol. The summed E-state index contributed by atoms with van der Waals surface area (Å²) < 4.78 is 0. The molecule has 0 unspecified atom stereocenters. The maximum absolute atomic E-state index is 6.29. The smallest absolute Gasteiger partial charge is 0.128 e. The first-order valence-electron chi connectivity index (χ1n) is 7.98. The van der Waals surface area contributed by atoms with Crippen molar-refractivity contribution in [1.82, 2.24) is 10.3 Å². The van der Waals surface area contributed by atoms with Gasteiger partial charge in [0.15, 0.2) is 0 Å². The molecular formula is C17H28ClN3. The summed E-state index contributed by atoms with van der Waals surface area (Å²) in [5.41, 5.74) is 1.33. The summed E-state index contributed by atoms with van der Waals surface area (Å²) in [4.78, 5) is 7.18. The molecule has 0 aromatic carbocycles. The van der Waals surface area contributed by atoms with Crippen molar-refractivity contribution in [3.8, 4) is 0 Å². The van der Waals surface area contributed by atoms with Gasteiger partial charge in [0.2, 0.25) is 0 Å². The third-order valence-corrected chi connectivity index (χ3v) is 4.32. The molecule has 1 aliphatic rings. The Labute approximate surface area is 134 Å². The Bertz CT molecular complexity index is 471. The monoisotopic (exact) mass is 309 g/mol. The molecule has 2 rings (SSSR count). The van der Waals surface area contributed by atoms with Crippen LogP contribution in [-0.2, 0) is 6.54 Å². The Morgan fingerprint density at radius 2 is 2.14 bits per heavy atom. The van der Waals surface area contributed by atoms with Crippen molar-refractivity contribution in [2.75, 3.05) is 24.5 Å². The molecular weight excluding hydrogens is 282 g/mol. The topological polar surface area (TPSA) is 28.2 Å². The molecule has 1 aromatic heterocycles. The van der Waals surface area contributed by atoms with Crippen LogP contribution in [0.4, 0.5) is 5.82 Å². The zero-order chi connectivity index (χ0) is 15.5. The fourth-order valence-corrected chi connectivity index (χ4v) is 3.04. The van der Waals surface area contributed by atoms with Crippen LogP contribution in [0.2, 0.25) is 5.02 Å². The van der Waals surface area contributed by atoms with Gasteiger partial charge in [-0.2, -0.15) is 0 Å². The molecule has 3 nitrogen and oxygen atoms in total. The summed E-state index contributed by atoms with van der Waals surface area (Å²) in [6.45, 7) is 13.0. The molecule has 0 bridgehead atoms. The van der Waals surface area contributed by atoms with E-state index in [0.29, 0.717) is 11.3 Å². The Morgan fingerprint density at radius 1 is 1.38 bits per heavy atom. The van der Waals surface area contributed by atoms with E-state index < -0.39 is 0 Å². The highest BCUT2D eigenvalue weighted by Crippen LogP contribution is 2.31. The lowest BCUT2D eigenvalue weighted by Crippen LogP contribution is -2.40. The number of nitrogens with zero attached hydrogens (tertiary/aromatic N) is 2. The van der Waals surface area contributed by atoms with Crippen molar-refractivity contribution in [2.24, 2.45) is 11.3 Å². The van der Waals surface area contributed by atoms with Crippen LogP contribution in [-0.4, -0.2) is 24.6 Å². The minimum Gasteiger partial charge on any atom is -0.356 e. The average Bonchev–Trinajstić information content (AvgIpc) is 2.39. The Morgan fingerprint density at radius 3 is 2.81 bits per heavy atom. The number of halogens is 1. The van der Waals surface area contributed by atoms with Gasteiger partial charge in [0.1, 0.15) is 5.82 Å². The van der Waals surface area contributed by atoms with Crippen LogP contribution < -0.4 is 10.2 Å². The normalized spacial score (nSPS) is 18.3. The molecule has 0 aliphatic carbocycles. The van der Waals surface area contributed by atoms with Crippen molar-refractivity contribution in [1.29, 1.82) is 0 Å². The van der Waals surface area contributed by atoms with Crippen LogP contribution in [0, 0.1) is 11.3 Å². The standard InChI is InChI=1S/C17H28ClN3/c1-13(2)10-19-11-15-14(18)6-7-16(20-15)21-9-5-8-17(3,4)12-21/h6-7,13,19H,5,8-12H2,1-4H3. The maximum atomic E-state index is 6.29. The first kappa shape index (κ1) is 16.6. The quantitative estimate of drug-likeness (QED) is 0.887. The molecule has 118 valence electrons. The highest BCUT2D eigenvalue weighted by Gasteiger charge is 2.27. The fraction of sp³-hybridized carbons (Fsp3) is 0.706. The van der Waals surface area contributed by atoms with E-state index in [-0.39, 0.29) is 0 Å².